The molecule has 2 N–H and O–H groups in total. The zero-order valence-corrected chi connectivity index (χ0v) is 16.4. The zero-order chi connectivity index (χ0) is 21.3. The number of rotatable bonds is 5. The van der Waals surface area contributed by atoms with Crippen LogP contribution < -0.4 is 5.32 Å². The maximum Gasteiger partial charge on any atom is 0.244 e. The van der Waals surface area contributed by atoms with Gasteiger partial charge in [-0.1, -0.05) is 6.07 Å². The number of nitrogens with one attached hydrogen (secondary N) is 2. The number of amides is 1. The van der Waals surface area contributed by atoms with Crippen molar-refractivity contribution in [2.45, 2.75) is 13.0 Å². The molecule has 0 aliphatic rings. The van der Waals surface area contributed by atoms with Crippen LogP contribution >= 0.6 is 0 Å². The average Bonchev–Trinajstić information content (AvgIpc) is 3.34. The molecule has 0 unspecified atom stereocenters. The van der Waals surface area contributed by atoms with Crippen molar-refractivity contribution < 1.29 is 13.6 Å². The maximum absolute atomic E-state index is 13.4. The molecular weight excluding hydrogens is 388 g/mol. The second kappa shape index (κ2) is 7.90. The van der Waals surface area contributed by atoms with Gasteiger partial charge in [0.15, 0.2) is 11.6 Å². The molecule has 1 amide bonds. The van der Waals surface area contributed by atoms with Gasteiger partial charge in [-0.05, 0) is 36.8 Å². The number of benzene rings is 1. The summed E-state index contributed by atoms with van der Waals surface area (Å²) in [4.78, 5) is 19.8. The molecular formula is C22H19F2N5O. The number of hydrogen-bond donors (Lipinski definition) is 2. The van der Waals surface area contributed by atoms with Crippen LogP contribution in [0.3, 0.4) is 0 Å². The van der Waals surface area contributed by atoms with Crippen LogP contribution in [0, 0.1) is 11.6 Å². The van der Waals surface area contributed by atoms with Crippen molar-refractivity contribution in [3.8, 4) is 11.1 Å². The van der Waals surface area contributed by atoms with E-state index in [9.17, 15) is 13.6 Å². The highest BCUT2D eigenvalue weighted by Gasteiger charge is 2.11. The molecule has 0 bridgehead atoms. The van der Waals surface area contributed by atoms with Crippen molar-refractivity contribution in [3.63, 3.8) is 0 Å². The molecule has 0 aliphatic heterocycles. The predicted molar refractivity (Wildman–Crippen MR) is 110 cm³/mol. The lowest BCUT2D eigenvalue weighted by molar-refractivity contribution is -0.117. The van der Waals surface area contributed by atoms with Gasteiger partial charge in [0.25, 0.3) is 0 Å². The molecule has 30 heavy (non-hydrogen) atoms. The highest BCUT2D eigenvalue weighted by molar-refractivity contribution is 5.96. The molecule has 4 rings (SSSR count). The Morgan fingerprint density at radius 1 is 1.20 bits per heavy atom. The lowest BCUT2D eigenvalue weighted by Gasteiger charge is -2.13. The van der Waals surface area contributed by atoms with Crippen molar-refractivity contribution in [2.75, 3.05) is 0 Å². The smallest absolute Gasteiger partial charge is 0.244 e. The first-order chi connectivity index (χ1) is 14.4. The van der Waals surface area contributed by atoms with Gasteiger partial charge in [-0.2, -0.15) is 5.10 Å². The molecule has 8 heteroatoms. The largest absolute Gasteiger partial charge is 0.346 e. The van der Waals surface area contributed by atoms with Crippen LogP contribution in [0.25, 0.3) is 28.2 Å². The summed E-state index contributed by atoms with van der Waals surface area (Å²) >= 11 is 0. The summed E-state index contributed by atoms with van der Waals surface area (Å²) < 4.78 is 28.2. The van der Waals surface area contributed by atoms with E-state index >= 15 is 0 Å². The Bertz CT molecular complexity index is 1260. The Kier molecular flexibility index (Phi) is 5.14. The first-order valence-corrected chi connectivity index (χ1v) is 9.30. The molecule has 3 aromatic heterocycles. The van der Waals surface area contributed by atoms with Gasteiger partial charge in [-0.25, -0.2) is 13.8 Å². The van der Waals surface area contributed by atoms with E-state index in [4.69, 9.17) is 0 Å². The molecule has 3 heterocycles. The van der Waals surface area contributed by atoms with Crippen LogP contribution in [0.15, 0.2) is 55.1 Å². The Hall–Kier alpha value is -3.81. The van der Waals surface area contributed by atoms with E-state index in [1.165, 1.54) is 12.1 Å². The summed E-state index contributed by atoms with van der Waals surface area (Å²) in [6.07, 6.45) is 10.3. The number of halogens is 2. The lowest BCUT2D eigenvalue weighted by Crippen LogP contribution is -2.24. The second-order valence-electron chi connectivity index (χ2n) is 7.00. The minimum Gasteiger partial charge on any atom is -0.346 e. The summed E-state index contributed by atoms with van der Waals surface area (Å²) in [5, 5.41) is 7.79. The molecule has 0 aliphatic carbocycles. The second-order valence-corrected chi connectivity index (χ2v) is 7.00. The van der Waals surface area contributed by atoms with Crippen LogP contribution in [0.1, 0.15) is 24.1 Å². The molecule has 6 nitrogen and oxygen atoms in total. The first kappa shape index (κ1) is 19.5. The SMILES string of the molecule is C[C@@H](NC(=O)/C=C/c1c[nH]c2ncc(-c3cnn(C)c3)cc12)c1ccc(F)c(F)c1. The van der Waals surface area contributed by atoms with E-state index in [0.717, 1.165) is 34.2 Å². The maximum atomic E-state index is 13.4. The Labute approximate surface area is 171 Å². The standard InChI is InChI=1S/C22H19F2N5O/c1-13(14-3-5-19(23)20(24)8-14)28-21(30)6-4-15-9-25-22-18(15)7-16(10-26-22)17-11-27-29(2)12-17/h3-13H,1-2H3,(H,25,26)(H,28,30)/b6-4+/t13-/m1/s1. The van der Waals surface area contributed by atoms with Crippen molar-refractivity contribution in [1.29, 1.82) is 0 Å². The average molecular weight is 407 g/mol. The molecule has 0 radical (unpaired) electrons. The van der Waals surface area contributed by atoms with Gasteiger partial charge in [-0.3, -0.25) is 9.48 Å². The number of aromatic amines is 1. The molecule has 0 saturated heterocycles. The van der Waals surface area contributed by atoms with Gasteiger partial charge >= 0.3 is 0 Å². The number of nitrogens with zero attached hydrogens (tertiary/aromatic N) is 3. The normalized spacial score (nSPS) is 12.5. The van der Waals surface area contributed by atoms with E-state index in [1.54, 1.807) is 36.3 Å². The van der Waals surface area contributed by atoms with E-state index in [1.807, 2.05) is 19.3 Å². The molecule has 152 valence electrons. The summed E-state index contributed by atoms with van der Waals surface area (Å²) in [7, 11) is 1.85. The molecule has 1 aromatic carbocycles. The predicted octanol–water partition coefficient (Wildman–Crippen LogP) is 4.13. The summed E-state index contributed by atoms with van der Waals surface area (Å²) in [5.41, 5.74) is 3.85. The Morgan fingerprint density at radius 3 is 2.77 bits per heavy atom. The summed E-state index contributed by atoms with van der Waals surface area (Å²) in [5.74, 6) is -2.21. The minimum atomic E-state index is -0.945. The van der Waals surface area contributed by atoms with Crippen LogP contribution in [-0.4, -0.2) is 25.7 Å². The van der Waals surface area contributed by atoms with E-state index in [2.05, 4.69) is 20.4 Å². The fourth-order valence-electron chi connectivity index (χ4n) is 3.18. The number of aromatic nitrogens is 4. The number of pyridine rings is 1. The highest BCUT2D eigenvalue weighted by atomic mass is 19.2. The number of H-pyrrole nitrogens is 1. The molecule has 1 atom stereocenters. The topological polar surface area (TPSA) is 75.6 Å². The van der Waals surface area contributed by atoms with E-state index in [-0.39, 0.29) is 5.91 Å². The van der Waals surface area contributed by atoms with Gasteiger partial charge in [0.05, 0.1) is 12.2 Å². The van der Waals surface area contributed by atoms with E-state index < -0.39 is 17.7 Å². The number of hydrogen-bond acceptors (Lipinski definition) is 3. The Morgan fingerprint density at radius 2 is 2.03 bits per heavy atom. The number of carbonyl (C=O) groups is 1. The van der Waals surface area contributed by atoms with Gasteiger partial charge in [0.1, 0.15) is 5.65 Å². The quantitative estimate of drug-likeness (QED) is 0.489. The summed E-state index contributed by atoms with van der Waals surface area (Å²) in [6.45, 7) is 1.70. The van der Waals surface area contributed by atoms with Crippen molar-refractivity contribution in [1.82, 2.24) is 25.1 Å². The summed E-state index contributed by atoms with van der Waals surface area (Å²) in [6, 6.07) is 5.08. The van der Waals surface area contributed by atoms with Gasteiger partial charge in [0, 0.05) is 53.8 Å². The van der Waals surface area contributed by atoms with Gasteiger partial charge in [-0.15, -0.1) is 0 Å². The van der Waals surface area contributed by atoms with Gasteiger partial charge in [0.2, 0.25) is 5.91 Å². The third-order valence-electron chi connectivity index (χ3n) is 4.82. The van der Waals surface area contributed by atoms with Crippen molar-refractivity contribution in [2.24, 2.45) is 7.05 Å². The highest BCUT2D eigenvalue weighted by Crippen LogP contribution is 2.25. The molecule has 0 fully saturated rings. The monoisotopic (exact) mass is 407 g/mol. The third-order valence-corrected chi connectivity index (χ3v) is 4.82. The molecule has 0 spiro atoms. The number of carbonyl (C=O) groups excluding carboxylic acids is 1. The number of fused-ring (bicyclic) bond motifs is 1. The van der Waals surface area contributed by atoms with Crippen LogP contribution in [0.2, 0.25) is 0 Å². The third kappa shape index (κ3) is 3.98. The van der Waals surface area contributed by atoms with Crippen molar-refractivity contribution in [3.05, 3.63) is 77.9 Å². The van der Waals surface area contributed by atoms with E-state index in [0.29, 0.717) is 11.2 Å². The van der Waals surface area contributed by atoms with Crippen LogP contribution in [0.4, 0.5) is 8.78 Å². The Balaban J connectivity index is 1.51. The molecule has 0 saturated carbocycles. The van der Waals surface area contributed by atoms with Crippen molar-refractivity contribution >= 4 is 23.0 Å². The minimum absolute atomic E-state index is 0.349. The lowest BCUT2D eigenvalue weighted by atomic mass is 10.1. The first-order valence-electron chi connectivity index (χ1n) is 9.30. The molecule has 4 aromatic rings. The fourth-order valence-corrected chi connectivity index (χ4v) is 3.18. The fraction of sp³-hybridized carbons (Fsp3) is 0.136. The van der Waals surface area contributed by atoms with Crippen LogP contribution in [-0.2, 0) is 11.8 Å². The zero-order valence-electron chi connectivity index (χ0n) is 16.4. The number of aryl methyl sites for hydroxylation is 1. The van der Waals surface area contributed by atoms with Crippen LogP contribution in [0.5, 0.6) is 0 Å². The van der Waals surface area contributed by atoms with Gasteiger partial charge < -0.3 is 10.3 Å².